The van der Waals surface area contributed by atoms with E-state index in [-0.39, 0.29) is 12.0 Å². The van der Waals surface area contributed by atoms with Crippen LogP contribution in [0.1, 0.15) is 52.4 Å². The molecule has 0 aromatic carbocycles. The van der Waals surface area contributed by atoms with E-state index in [1.807, 2.05) is 0 Å². The highest BCUT2D eigenvalue weighted by Crippen LogP contribution is 2.20. The largest absolute Gasteiger partial charge is 0.468 e. The van der Waals surface area contributed by atoms with Gasteiger partial charge in [0, 0.05) is 6.04 Å². The minimum absolute atomic E-state index is 0.0481. The van der Waals surface area contributed by atoms with Crippen molar-refractivity contribution in [3.05, 3.63) is 0 Å². The highest BCUT2D eigenvalue weighted by atomic mass is 16.5. The maximum absolute atomic E-state index is 12.1. The number of hydrogen-bond acceptors (Lipinski definition) is 4. The lowest BCUT2D eigenvalue weighted by atomic mass is 9.99. The lowest BCUT2D eigenvalue weighted by molar-refractivity contribution is -0.148. The average molecular weight is 270 g/mol. The summed E-state index contributed by atoms with van der Waals surface area (Å²) in [7, 11) is 1.51. The molecule has 0 amide bonds. The molecule has 4 heteroatoms. The summed E-state index contributed by atoms with van der Waals surface area (Å²) in [5.74, 6) is -0.0552. The van der Waals surface area contributed by atoms with Gasteiger partial charge in [-0.25, -0.2) is 0 Å². The van der Waals surface area contributed by atoms with E-state index in [0.717, 1.165) is 58.2 Å². The van der Waals surface area contributed by atoms with E-state index >= 15 is 0 Å². The molecule has 1 unspecified atom stereocenters. The van der Waals surface area contributed by atoms with Crippen molar-refractivity contribution in [3.63, 3.8) is 0 Å². The van der Waals surface area contributed by atoms with Gasteiger partial charge in [-0.15, -0.1) is 0 Å². The summed E-state index contributed by atoms with van der Waals surface area (Å²) in [4.78, 5) is 14.5. The van der Waals surface area contributed by atoms with Crippen LogP contribution in [0.4, 0.5) is 0 Å². The number of hydrogen-bond donors (Lipinski definition) is 1. The van der Waals surface area contributed by atoms with Crippen LogP contribution in [0.5, 0.6) is 0 Å². The lowest BCUT2D eigenvalue weighted by Crippen LogP contribution is -2.51. The normalized spacial score (nSPS) is 18.5. The van der Waals surface area contributed by atoms with Gasteiger partial charge in [0.1, 0.15) is 6.04 Å². The van der Waals surface area contributed by atoms with Gasteiger partial charge >= 0.3 is 5.97 Å². The number of ether oxygens (including phenoxy) is 1. The number of esters is 1. The van der Waals surface area contributed by atoms with Gasteiger partial charge in [-0.1, -0.05) is 26.7 Å². The molecule has 1 rings (SSSR count). The fourth-order valence-electron chi connectivity index (χ4n) is 2.94. The third-order valence-corrected chi connectivity index (χ3v) is 3.96. The summed E-state index contributed by atoms with van der Waals surface area (Å²) in [5, 5.41) is 3.39. The van der Waals surface area contributed by atoms with Crippen LogP contribution in [0.2, 0.25) is 0 Å². The molecule has 0 radical (unpaired) electrons. The van der Waals surface area contributed by atoms with Gasteiger partial charge in [-0.2, -0.15) is 0 Å². The van der Waals surface area contributed by atoms with Crippen molar-refractivity contribution in [2.75, 3.05) is 26.7 Å². The molecule has 1 fully saturated rings. The van der Waals surface area contributed by atoms with Gasteiger partial charge in [-0.05, 0) is 45.3 Å². The number of methoxy groups -OCH3 is 1. The highest BCUT2D eigenvalue weighted by Gasteiger charge is 2.31. The van der Waals surface area contributed by atoms with Gasteiger partial charge < -0.3 is 10.1 Å². The predicted molar refractivity (Wildman–Crippen MR) is 78.2 cm³/mol. The SMILES string of the molecule is CCCCC(C(=O)OC)N(CCC)C1CCNCC1. The molecular weight excluding hydrogens is 240 g/mol. The van der Waals surface area contributed by atoms with Gasteiger partial charge in [0.15, 0.2) is 0 Å². The minimum atomic E-state index is -0.0552. The Bertz CT molecular complexity index is 253. The maximum atomic E-state index is 12.1. The number of unbranched alkanes of at least 4 members (excludes halogenated alkanes) is 1. The molecule has 112 valence electrons. The Labute approximate surface area is 117 Å². The van der Waals surface area contributed by atoms with Crippen LogP contribution < -0.4 is 5.32 Å². The smallest absolute Gasteiger partial charge is 0.323 e. The van der Waals surface area contributed by atoms with E-state index in [2.05, 4.69) is 24.1 Å². The van der Waals surface area contributed by atoms with E-state index in [1.54, 1.807) is 0 Å². The third kappa shape index (κ3) is 5.11. The monoisotopic (exact) mass is 270 g/mol. The summed E-state index contributed by atoms with van der Waals surface area (Å²) >= 11 is 0. The molecule has 1 saturated heterocycles. The van der Waals surface area contributed by atoms with Crippen molar-refractivity contribution in [1.29, 1.82) is 0 Å². The van der Waals surface area contributed by atoms with Crippen LogP contribution in [-0.4, -0.2) is 49.7 Å². The Hall–Kier alpha value is -0.610. The zero-order chi connectivity index (χ0) is 14.1. The number of carbonyl (C=O) groups excluding carboxylic acids is 1. The second-order valence-electron chi connectivity index (χ2n) is 5.40. The molecule has 1 aliphatic heterocycles. The molecule has 0 bridgehead atoms. The lowest BCUT2D eigenvalue weighted by Gasteiger charge is -2.38. The van der Waals surface area contributed by atoms with Crippen molar-refractivity contribution < 1.29 is 9.53 Å². The molecule has 0 aromatic heterocycles. The van der Waals surface area contributed by atoms with Crippen LogP contribution in [0.25, 0.3) is 0 Å². The van der Waals surface area contributed by atoms with Crippen LogP contribution >= 0.6 is 0 Å². The summed E-state index contributed by atoms with van der Waals surface area (Å²) in [5.41, 5.74) is 0. The molecule has 1 atom stereocenters. The molecule has 1 N–H and O–H groups in total. The fourth-order valence-corrected chi connectivity index (χ4v) is 2.94. The Morgan fingerprint density at radius 1 is 1.32 bits per heavy atom. The number of carbonyl (C=O) groups is 1. The number of nitrogens with one attached hydrogen (secondary N) is 1. The standard InChI is InChI=1S/C15H30N2O2/c1-4-6-7-14(15(18)19-3)17(12-5-2)13-8-10-16-11-9-13/h13-14,16H,4-12H2,1-3H3. The predicted octanol–water partition coefficient (Wildman–Crippen LogP) is 2.18. The van der Waals surface area contributed by atoms with E-state index in [9.17, 15) is 4.79 Å². The topological polar surface area (TPSA) is 41.6 Å². The van der Waals surface area contributed by atoms with Crippen LogP contribution in [0.15, 0.2) is 0 Å². The minimum Gasteiger partial charge on any atom is -0.468 e. The Morgan fingerprint density at radius 2 is 2.00 bits per heavy atom. The van der Waals surface area contributed by atoms with E-state index in [0.29, 0.717) is 6.04 Å². The molecule has 4 nitrogen and oxygen atoms in total. The summed E-state index contributed by atoms with van der Waals surface area (Å²) in [6.07, 6.45) is 6.50. The van der Waals surface area contributed by atoms with Gasteiger partial charge in [0.05, 0.1) is 7.11 Å². The Balaban J connectivity index is 2.73. The van der Waals surface area contributed by atoms with Crippen LogP contribution in [0, 0.1) is 0 Å². The fraction of sp³-hybridized carbons (Fsp3) is 0.933. The molecular formula is C15H30N2O2. The van der Waals surface area contributed by atoms with Crippen molar-refractivity contribution in [2.24, 2.45) is 0 Å². The molecule has 1 aliphatic rings. The highest BCUT2D eigenvalue weighted by molar-refractivity contribution is 5.75. The summed E-state index contributed by atoms with van der Waals surface area (Å²) in [6, 6.07) is 0.482. The third-order valence-electron chi connectivity index (χ3n) is 3.96. The number of rotatable bonds is 8. The summed E-state index contributed by atoms with van der Waals surface area (Å²) < 4.78 is 5.03. The second-order valence-corrected chi connectivity index (χ2v) is 5.40. The first kappa shape index (κ1) is 16.4. The van der Waals surface area contributed by atoms with Crippen LogP contribution in [0.3, 0.4) is 0 Å². The molecule has 0 aliphatic carbocycles. The van der Waals surface area contributed by atoms with Crippen molar-refractivity contribution >= 4 is 5.97 Å². The average Bonchev–Trinajstić information content (AvgIpc) is 2.47. The van der Waals surface area contributed by atoms with Gasteiger partial charge in [-0.3, -0.25) is 9.69 Å². The second kappa shape index (κ2) is 9.32. The number of piperidine rings is 1. The number of nitrogens with zero attached hydrogens (tertiary/aromatic N) is 1. The zero-order valence-corrected chi connectivity index (χ0v) is 12.8. The Morgan fingerprint density at radius 3 is 2.53 bits per heavy atom. The zero-order valence-electron chi connectivity index (χ0n) is 12.8. The Kier molecular flexibility index (Phi) is 8.07. The van der Waals surface area contributed by atoms with Crippen molar-refractivity contribution in [3.8, 4) is 0 Å². The maximum Gasteiger partial charge on any atom is 0.323 e. The first-order valence-electron chi connectivity index (χ1n) is 7.78. The molecule has 0 aromatic rings. The van der Waals surface area contributed by atoms with Gasteiger partial charge in [0.25, 0.3) is 0 Å². The summed E-state index contributed by atoms with van der Waals surface area (Å²) in [6.45, 7) is 7.47. The molecule has 1 heterocycles. The molecule has 19 heavy (non-hydrogen) atoms. The first-order valence-corrected chi connectivity index (χ1v) is 7.78. The van der Waals surface area contributed by atoms with Crippen LogP contribution in [-0.2, 0) is 9.53 Å². The first-order chi connectivity index (χ1) is 9.24. The van der Waals surface area contributed by atoms with Crippen molar-refractivity contribution in [1.82, 2.24) is 10.2 Å². The van der Waals surface area contributed by atoms with E-state index < -0.39 is 0 Å². The van der Waals surface area contributed by atoms with E-state index in [4.69, 9.17) is 4.74 Å². The van der Waals surface area contributed by atoms with Gasteiger partial charge in [0.2, 0.25) is 0 Å². The molecule has 0 saturated carbocycles. The van der Waals surface area contributed by atoms with Crippen molar-refractivity contribution in [2.45, 2.75) is 64.5 Å². The molecule has 0 spiro atoms. The quantitative estimate of drug-likeness (QED) is 0.686. The van der Waals surface area contributed by atoms with E-state index in [1.165, 1.54) is 7.11 Å².